The summed E-state index contributed by atoms with van der Waals surface area (Å²) in [6.45, 7) is 5.43. The van der Waals surface area contributed by atoms with Crippen LogP contribution < -0.4 is 5.32 Å². The molecule has 0 radical (unpaired) electrons. The summed E-state index contributed by atoms with van der Waals surface area (Å²) in [4.78, 5) is 24.1. The van der Waals surface area contributed by atoms with Crippen molar-refractivity contribution in [2.75, 3.05) is 25.0 Å². The Hall–Kier alpha value is -1.85. The van der Waals surface area contributed by atoms with Crippen molar-refractivity contribution in [1.29, 1.82) is 0 Å². The summed E-state index contributed by atoms with van der Waals surface area (Å²) in [5, 5.41) is 12.1. The van der Waals surface area contributed by atoms with Crippen LogP contribution in [0.1, 0.15) is 5.56 Å². The lowest BCUT2D eigenvalue weighted by Gasteiger charge is -2.18. The molecule has 1 aromatic carbocycles. The van der Waals surface area contributed by atoms with Gasteiger partial charge in [-0.3, -0.25) is 14.5 Å². The quantitative estimate of drug-likeness (QED) is 0.757. The molecule has 0 aliphatic rings. The molecule has 0 aliphatic carbocycles. The second kappa shape index (κ2) is 7.67. The molecule has 5 nitrogen and oxygen atoms in total. The average molecular weight is 297 g/mol. The lowest BCUT2D eigenvalue weighted by molar-refractivity contribution is -0.138. The van der Waals surface area contributed by atoms with Crippen molar-refractivity contribution in [2.45, 2.75) is 6.92 Å². The van der Waals surface area contributed by atoms with E-state index < -0.39 is 5.97 Å². The average Bonchev–Trinajstić information content (AvgIpc) is 2.34. The summed E-state index contributed by atoms with van der Waals surface area (Å²) >= 11 is 5.97. The van der Waals surface area contributed by atoms with E-state index in [1.807, 2.05) is 0 Å². The number of carbonyl (C=O) groups excluding carboxylic acids is 1. The number of carboxylic acids is 1. The molecule has 0 spiro atoms. The Morgan fingerprint density at radius 3 is 2.75 bits per heavy atom. The molecule has 108 valence electrons. The number of hydrogen-bond donors (Lipinski definition) is 2. The Labute approximate surface area is 122 Å². The van der Waals surface area contributed by atoms with Gasteiger partial charge in [-0.05, 0) is 24.6 Å². The van der Waals surface area contributed by atoms with Crippen molar-refractivity contribution in [3.63, 3.8) is 0 Å². The summed E-state index contributed by atoms with van der Waals surface area (Å²) in [7, 11) is 0. The molecule has 0 saturated heterocycles. The van der Waals surface area contributed by atoms with Gasteiger partial charge in [0.25, 0.3) is 0 Å². The first kappa shape index (κ1) is 16.2. The molecule has 0 fully saturated rings. The van der Waals surface area contributed by atoms with Crippen molar-refractivity contribution < 1.29 is 14.7 Å². The van der Waals surface area contributed by atoms with Crippen molar-refractivity contribution in [3.05, 3.63) is 41.4 Å². The first-order valence-corrected chi connectivity index (χ1v) is 6.42. The van der Waals surface area contributed by atoms with Crippen LogP contribution >= 0.6 is 11.6 Å². The van der Waals surface area contributed by atoms with Crippen LogP contribution in [0.3, 0.4) is 0 Å². The highest BCUT2D eigenvalue weighted by atomic mass is 35.5. The van der Waals surface area contributed by atoms with Crippen molar-refractivity contribution in [2.24, 2.45) is 0 Å². The Morgan fingerprint density at radius 1 is 1.45 bits per heavy atom. The molecule has 0 atom stereocenters. The first-order chi connectivity index (χ1) is 9.43. The first-order valence-electron chi connectivity index (χ1n) is 6.04. The van der Waals surface area contributed by atoms with Gasteiger partial charge >= 0.3 is 5.97 Å². The van der Waals surface area contributed by atoms with Crippen LogP contribution in [0, 0.1) is 6.92 Å². The van der Waals surface area contributed by atoms with E-state index in [-0.39, 0.29) is 19.0 Å². The summed E-state index contributed by atoms with van der Waals surface area (Å²) in [5.74, 6) is -1.28. The van der Waals surface area contributed by atoms with Gasteiger partial charge in [-0.1, -0.05) is 23.7 Å². The number of anilines is 1. The number of carboxylic acid groups (broad SMARTS) is 1. The van der Waals surface area contributed by atoms with Crippen LogP contribution in [-0.4, -0.2) is 41.5 Å². The van der Waals surface area contributed by atoms with Gasteiger partial charge in [-0.25, -0.2) is 0 Å². The summed E-state index contributed by atoms with van der Waals surface area (Å²) < 4.78 is 0. The zero-order valence-electron chi connectivity index (χ0n) is 11.2. The number of aliphatic carboxylic acids is 1. The van der Waals surface area contributed by atoms with Gasteiger partial charge in [0.15, 0.2) is 0 Å². The predicted molar refractivity (Wildman–Crippen MR) is 79.1 cm³/mol. The van der Waals surface area contributed by atoms with Crippen LogP contribution in [0.2, 0.25) is 5.02 Å². The largest absolute Gasteiger partial charge is 0.480 e. The van der Waals surface area contributed by atoms with Crippen LogP contribution in [0.5, 0.6) is 0 Å². The number of rotatable bonds is 7. The normalized spacial score (nSPS) is 10.3. The molecule has 1 rings (SSSR count). The van der Waals surface area contributed by atoms with Gasteiger partial charge in [-0.2, -0.15) is 0 Å². The van der Waals surface area contributed by atoms with E-state index in [2.05, 4.69) is 11.9 Å². The third-order valence-electron chi connectivity index (χ3n) is 2.66. The smallest absolute Gasteiger partial charge is 0.317 e. The van der Waals surface area contributed by atoms with Gasteiger partial charge < -0.3 is 10.4 Å². The monoisotopic (exact) mass is 296 g/mol. The third kappa shape index (κ3) is 5.03. The van der Waals surface area contributed by atoms with E-state index in [0.717, 1.165) is 5.56 Å². The van der Waals surface area contributed by atoms with Gasteiger partial charge in [0.2, 0.25) is 5.91 Å². The minimum Gasteiger partial charge on any atom is -0.480 e. The van der Waals surface area contributed by atoms with E-state index >= 15 is 0 Å². The van der Waals surface area contributed by atoms with Crippen LogP contribution in [0.25, 0.3) is 0 Å². The second-order valence-corrected chi connectivity index (χ2v) is 4.72. The number of nitrogens with zero attached hydrogens (tertiary/aromatic N) is 1. The number of hydrogen-bond acceptors (Lipinski definition) is 3. The third-order valence-corrected chi connectivity index (χ3v) is 3.06. The number of nitrogens with one attached hydrogen (secondary N) is 1. The van der Waals surface area contributed by atoms with Crippen molar-refractivity contribution in [1.82, 2.24) is 4.90 Å². The zero-order valence-corrected chi connectivity index (χ0v) is 12.0. The predicted octanol–water partition coefficient (Wildman–Crippen LogP) is 2.16. The van der Waals surface area contributed by atoms with Gasteiger partial charge in [0.1, 0.15) is 0 Å². The molecule has 2 N–H and O–H groups in total. The molecule has 0 unspecified atom stereocenters. The fraction of sp³-hybridized carbons (Fsp3) is 0.286. The maximum Gasteiger partial charge on any atom is 0.317 e. The van der Waals surface area contributed by atoms with Crippen molar-refractivity contribution >= 4 is 29.2 Å². The molecular weight excluding hydrogens is 280 g/mol. The molecule has 0 saturated carbocycles. The van der Waals surface area contributed by atoms with Crippen LogP contribution in [0.4, 0.5) is 5.69 Å². The number of carbonyl (C=O) groups is 2. The van der Waals surface area contributed by atoms with Crippen LogP contribution in [0.15, 0.2) is 30.9 Å². The summed E-state index contributed by atoms with van der Waals surface area (Å²) in [5.41, 5.74) is 1.40. The fourth-order valence-electron chi connectivity index (χ4n) is 1.69. The molecule has 1 aromatic rings. The molecule has 0 aromatic heterocycles. The van der Waals surface area contributed by atoms with Gasteiger partial charge in [-0.15, -0.1) is 6.58 Å². The highest BCUT2D eigenvalue weighted by molar-refractivity contribution is 6.31. The Kier molecular flexibility index (Phi) is 6.21. The fourth-order valence-corrected chi connectivity index (χ4v) is 1.87. The Balaban J connectivity index is 2.67. The molecule has 6 heteroatoms. The highest BCUT2D eigenvalue weighted by Crippen LogP contribution is 2.22. The SMILES string of the molecule is C=CCN(CC(=O)O)CC(=O)Nc1cccc(Cl)c1C. The maximum absolute atomic E-state index is 11.9. The van der Waals surface area contributed by atoms with Crippen molar-refractivity contribution in [3.8, 4) is 0 Å². The Bertz CT molecular complexity index is 517. The molecular formula is C14H17ClN2O3. The lowest BCUT2D eigenvalue weighted by atomic mass is 10.2. The van der Waals surface area contributed by atoms with E-state index in [4.69, 9.17) is 16.7 Å². The Morgan fingerprint density at radius 2 is 2.15 bits per heavy atom. The highest BCUT2D eigenvalue weighted by Gasteiger charge is 2.13. The summed E-state index contributed by atoms with van der Waals surface area (Å²) in [6.07, 6.45) is 1.56. The number of benzene rings is 1. The standard InChI is InChI=1S/C14H17ClN2O3/c1-3-7-17(9-14(19)20)8-13(18)16-12-6-4-5-11(15)10(12)2/h3-6H,1,7-9H2,2H3,(H,16,18)(H,19,20). The molecule has 1 amide bonds. The van der Waals surface area contributed by atoms with Crippen LogP contribution in [-0.2, 0) is 9.59 Å². The molecule has 0 bridgehead atoms. The maximum atomic E-state index is 11.9. The van der Waals surface area contributed by atoms with Gasteiger partial charge in [0.05, 0.1) is 13.1 Å². The number of halogens is 1. The second-order valence-electron chi connectivity index (χ2n) is 4.31. The zero-order chi connectivity index (χ0) is 15.1. The van der Waals surface area contributed by atoms with E-state index in [9.17, 15) is 9.59 Å². The minimum absolute atomic E-state index is 0.0235. The number of amides is 1. The summed E-state index contributed by atoms with van der Waals surface area (Å²) in [6, 6.07) is 5.22. The lowest BCUT2D eigenvalue weighted by Crippen LogP contribution is -2.37. The van der Waals surface area contributed by atoms with Gasteiger partial charge in [0, 0.05) is 17.3 Å². The molecule has 20 heavy (non-hydrogen) atoms. The minimum atomic E-state index is -0.987. The topological polar surface area (TPSA) is 69.6 Å². The van der Waals surface area contributed by atoms with E-state index in [1.54, 1.807) is 31.2 Å². The molecule has 0 aliphatic heterocycles. The van der Waals surface area contributed by atoms with E-state index in [0.29, 0.717) is 17.3 Å². The molecule has 0 heterocycles. The van der Waals surface area contributed by atoms with E-state index in [1.165, 1.54) is 4.90 Å².